The fraction of sp³-hybridized carbons (Fsp3) is 0.684. The van der Waals surface area contributed by atoms with Gasteiger partial charge in [0.15, 0.2) is 0 Å². The van der Waals surface area contributed by atoms with Crippen molar-refractivity contribution in [1.29, 1.82) is 0 Å². The number of hydrogen-bond acceptors (Lipinski definition) is 1. The standard InChI is InChI=1S/C19H31N/c1-5-20-19(17-8-6-7-9-17)11-10-18-15(3)12-14(2)13-16(18)4/h12-13,17,19-20H,5-11H2,1-4H3. The Kier molecular flexibility index (Phi) is 5.65. The zero-order valence-corrected chi connectivity index (χ0v) is 13.8. The van der Waals surface area contributed by atoms with Crippen molar-refractivity contribution in [1.82, 2.24) is 5.32 Å². The van der Waals surface area contributed by atoms with Crippen LogP contribution < -0.4 is 5.32 Å². The van der Waals surface area contributed by atoms with Crippen LogP contribution in [0.2, 0.25) is 0 Å². The molecular weight excluding hydrogens is 242 g/mol. The summed E-state index contributed by atoms with van der Waals surface area (Å²) in [6, 6.07) is 5.39. The molecule has 0 amide bonds. The number of aryl methyl sites for hydroxylation is 3. The third-order valence-corrected chi connectivity index (χ3v) is 4.98. The Labute approximate surface area is 125 Å². The molecule has 0 radical (unpaired) electrons. The molecule has 20 heavy (non-hydrogen) atoms. The highest BCUT2D eigenvalue weighted by Gasteiger charge is 2.24. The average molecular weight is 273 g/mol. The number of hydrogen-bond donors (Lipinski definition) is 1. The number of nitrogens with one attached hydrogen (secondary N) is 1. The molecule has 0 spiro atoms. The van der Waals surface area contributed by atoms with E-state index in [-0.39, 0.29) is 0 Å². The van der Waals surface area contributed by atoms with Crippen molar-refractivity contribution in [2.75, 3.05) is 6.54 Å². The van der Waals surface area contributed by atoms with Crippen LogP contribution in [0, 0.1) is 26.7 Å². The van der Waals surface area contributed by atoms with Crippen LogP contribution >= 0.6 is 0 Å². The van der Waals surface area contributed by atoms with Crippen molar-refractivity contribution in [2.45, 2.75) is 72.3 Å². The molecular formula is C19H31N. The molecule has 0 bridgehead atoms. The van der Waals surface area contributed by atoms with Crippen LogP contribution in [0.15, 0.2) is 12.1 Å². The van der Waals surface area contributed by atoms with Gasteiger partial charge in [-0.2, -0.15) is 0 Å². The lowest BCUT2D eigenvalue weighted by molar-refractivity contribution is 0.346. The maximum atomic E-state index is 3.75. The second-order valence-electron chi connectivity index (χ2n) is 6.62. The van der Waals surface area contributed by atoms with E-state index in [0.29, 0.717) is 0 Å². The van der Waals surface area contributed by atoms with Gasteiger partial charge in [0.2, 0.25) is 0 Å². The first-order valence-electron chi connectivity index (χ1n) is 8.42. The van der Waals surface area contributed by atoms with Crippen molar-refractivity contribution in [3.05, 3.63) is 34.4 Å². The SMILES string of the molecule is CCNC(CCc1c(C)cc(C)cc1C)C1CCCC1. The summed E-state index contributed by atoms with van der Waals surface area (Å²) in [5.41, 5.74) is 5.92. The van der Waals surface area contributed by atoms with Gasteiger partial charge < -0.3 is 5.32 Å². The molecule has 1 saturated carbocycles. The predicted octanol–water partition coefficient (Wildman–Crippen LogP) is 4.71. The summed E-state index contributed by atoms with van der Waals surface area (Å²) in [5.74, 6) is 0.918. The summed E-state index contributed by atoms with van der Waals surface area (Å²) in [6.07, 6.45) is 8.27. The van der Waals surface area contributed by atoms with E-state index in [9.17, 15) is 0 Å². The Bertz CT molecular complexity index is 406. The van der Waals surface area contributed by atoms with Crippen LogP contribution in [0.1, 0.15) is 61.3 Å². The molecule has 0 aliphatic heterocycles. The van der Waals surface area contributed by atoms with Crippen molar-refractivity contribution in [3.63, 3.8) is 0 Å². The molecule has 1 atom stereocenters. The van der Waals surface area contributed by atoms with Gasteiger partial charge in [-0.25, -0.2) is 0 Å². The average Bonchev–Trinajstić information content (AvgIpc) is 2.89. The zero-order valence-electron chi connectivity index (χ0n) is 13.8. The van der Waals surface area contributed by atoms with Gasteiger partial charge in [-0.15, -0.1) is 0 Å². The number of rotatable bonds is 6. The fourth-order valence-corrected chi connectivity index (χ4v) is 4.03. The van der Waals surface area contributed by atoms with Gasteiger partial charge in [-0.05, 0) is 75.6 Å². The van der Waals surface area contributed by atoms with Crippen LogP contribution in [0.25, 0.3) is 0 Å². The normalized spacial score (nSPS) is 17.6. The van der Waals surface area contributed by atoms with Crippen molar-refractivity contribution >= 4 is 0 Å². The van der Waals surface area contributed by atoms with E-state index in [1.54, 1.807) is 5.56 Å². The Morgan fingerprint density at radius 1 is 1.10 bits per heavy atom. The minimum Gasteiger partial charge on any atom is -0.314 e. The maximum absolute atomic E-state index is 3.75. The van der Waals surface area contributed by atoms with Gasteiger partial charge in [0, 0.05) is 6.04 Å². The van der Waals surface area contributed by atoms with E-state index < -0.39 is 0 Å². The third kappa shape index (κ3) is 3.85. The molecule has 0 aromatic heterocycles. The lowest BCUT2D eigenvalue weighted by Crippen LogP contribution is -2.35. The van der Waals surface area contributed by atoms with Crippen LogP contribution in [0.3, 0.4) is 0 Å². The van der Waals surface area contributed by atoms with Crippen LogP contribution in [0.5, 0.6) is 0 Å². The van der Waals surface area contributed by atoms with Gasteiger partial charge in [0.1, 0.15) is 0 Å². The summed E-state index contributed by atoms with van der Waals surface area (Å²) < 4.78 is 0. The first-order chi connectivity index (χ1) is 9.61. The largest absolute Gasteiger partial charge is 0.314 e. The first-order valence-corrected chi connectivity index (χ1v) is 8.42. The molecule has 1 heteroatoms. The lowest BCUT2D eigenvalue weighted by Gasteiger charge is -2.25. The third-order valence-electron chi connectivity index (χ3n) is 4.98. The molecule has 1 unspecified atom stereocenters. The fourth-order valence-electron chi connectivity index (χ4n) is 4.03. The van der Waals surface area contributed by atoms with E-state index >= 15 is 0 Å². The van der Waals surface area contributed by atoms with Gasteiger partial charge in [0.05, 0.1) is 0 Å². The second kappa shape index (κ2) is 7.26. The van der Waals surface area contributed by atoms with E-state index in [1.807, 2.05) is 0 Å². The highest BCUT2D eigenvalue weighted by Crippen LogP contribution is 2.30. The summed E-state index contributed by atoms with van der Waals surface area (Å²) in [4.78, 5) is 0. The van der Waals surface area contributed by atoms with E-state index in [1.165, 1.54) is 55.2 Å². The van der Waals surface area contributed by atoms with Gasteiger partial charge in [-0.1, -0.05) is 37.5 Å². The monoisotopic (exact) mass is 273 g/mol. The Morgan fingerprint density at radius 3 is 2.25 bits per heavy atom. The molecule has 1 aromatic carbocycles. The molecule has 1 N–H and O–H groups in total. The van der Waals surface area contributed by atoms with Crippen LogP contribution in [-0.4, -0.2) is 12.6 Å². The molecule has 2 rings (SSSR count). The van der Waals surface area contributed by atoms with Crippen LogP contribution in [0.4, 0.5) is 0 Å². The summed E-state index contributed by atoms with van der Waals surface area (Å²) in [7, 11) is 0. The topological polar surface area (TPSA) is 12.0 Å². The highest BCUT2D eigenvalue weighted by molar-refractivity contribution is 5.37. The Hall–Kier alpha value is -0.820. The van der Waals surface area contributed by atoms with E-state index in [4.69, 9.17) is 0 Å². The Morgan fingerprint density at radius 2 is 1.70 bits per heavy atom. The molecule has 112 valence electrons. The first kappa shape index (κ1) is 15.6. The molecule has 0 heterocycles. The van der Waals surface area contributed by atoms with Gasteiger partial charge >= 0.3 is 0 Å². The maximum Gasteiger partial charge on any atom is 0.00983 e. The summed E-state index contributed by atoms with van der Waals surface area (Å²) >= 11 is 0. The van der Waals surface area contributed by atoms with Crippen molar-refractivity contribution < 1.29 is 0 Å². The highest BCUT2D eigenvalue weighted by atomic mass is 14.9. The minimum absolute atomic E-state index is 0.725. The zero-order chi connectivity index (χ0) is 14.5. The van der Waals surface area contributed by atoms with E-state index in [2.05, 4.69) is 45.1 Å². The van der Waals surface area contributed by atoms with Crippen molar-refractivity contribution in [2.24, 2.45) is 5.92 Å². The summed E-state index contributed by atoms with van der Waals surface area (Å²) in [5, 5.41) is 3.75. The summed E-state index contributed by atoms with van der Waals surface area (Å²) in [6.45, 7) is 10.1. The molecule has 1 aliphatic rings. The molecule has 1 aromatic rings. The van der Waals surface area contributed by atoms with Gasteiger partial charge in [-0.3, -0.25) is 0 Å². The van der Waals surface area contributed by atoms with E-state index in [0.717, 1.165) is 18.5 Å². The minimum atomic E-state index is 0.725. The Balaban J connectivity index is 2.01. The second-order valence-corrected chi connectivity index (χ2v) is 6.62. The molecule has 1 aliphatic carbocycles. The van der Waals surface area contributed by atoms with Crippen molar-refractivity contribution in [3.8, 4) is 0 Å². The lowest BCUT2D eigenvalue weighted by atomic mass is 9.89. The van der Waals surface area contributed by atoms with Crippen LogP contribution in [-0.2, 0) is 6.42 Å². The predicted molar refractivity (Wildman–Crippen MR) is 88.4 cm³/mol. The van der Waals surface area contributed by atoms with Gasteiger partial charge in [0.25, 0.3) is 0 Å². The molecule has 0 saturated heterocycles. The number of benzene rings is 1. The molecule has 1 fully saturated rings. The quantitative estimate of drug-likeness (QED) is 0.791. The smallest absolute Gasteiger partial charge is 0.00983 e. The molecule has 1 nitrogen and oxygen atoms in total.